The molecule has 114 valence electrons. The monoisotopic (exact) mass is 295 g/mol. The first-order valence-corrected chi connectivity index (χ1v) is 6.47. The number of benzene rings is 1. The fraction of sp³-hybridized carbons (Fsp3) is 0.429. The molecule has 0 saturated carbocycles. The van der Waals surface area contributed by atoms with Gasteiger partial charge in [-0.2, -0.15) is 0 Å². The predicted molar refractivity (Wildman–Crippen MR) is 73.0 cm³/mol. The lowest BCUT2D eigenvalue weighted by molar-refractivity contribution is -0.144. The summed E-state index contributed by atoms with van der Waals surface area (Å²) in [5, 5.41) is 9.10. The molecule has 1 aromatic carbocycles. The van der Waals surface area contributed by atoms with Crippen molar-refractivity contribution < 1.29 is 28.9 Å². The molecular weight excluding hydrogens is 278 g/mol. The smallest absolute Gasteiger partial charge is 0.326 e. The predicted octanol–water partition coefficient (Wildman–Crippen LogP) is 0.0939. The van der Waals surface area contributed by atoms with Gasteiger partial charge in [0.1, 0.15) is 18.9 Å². The zero-order valence-corrected chi connectivity index (χ0v) is 11.7. The number of methoxy groups -OCH3 is 1. The maximum absolute atomic E-state index is 11.9. The molecule has 0 aliphatic carbocycles. The number of carbonyl (C=O) groups excluding carboxylic acids is 2. The van der Waals surface area contributed by atoms with Crippen LogP contribution in [0.4, 0.5) is 5.69 Å². The van der Waals surface area contributed by atoms with Crippen LogP contribution in [0.25, 0.3) is 0 Å². The van der Waals surface area contributed by atoms with Gasteiger partial charge in [0, 0.05) is 7.11 Å². The Morgan fingerprint density at radius 1 is 1.43 bits per heavy atom. The van der Waals surface area contributed by atoms with Crippen molar-refractivity contribution >= 4 is 17.6 Å². The second-order valence-electron chi connectivity index (χ2n) is 4.44. The van der Waals surface area contributed by atoms with Crippen LogP contribution < -0.4 is 9.64 Å². The number of carbonyl (C=O) groups is 2. The maximum atomic E-state index is 11.9. The van der Waals surface area contributed by atoms with E-state index >= 15 is 0 Å². The van der Waals surface area contributed by atoms with Crippen LogP contribution in [0, 0.1) is 0 Å². The summed E-state index contributed by atoms with van der Waals surface area (Å²) in [6.07, 6.45) is 0. The van der Waals surface area contributed by atoms with Gasteiger partial charge in [0.15, 0.2) is 6.61 Å². The first-order valence-electron chi connectivity index (χ1n) is 6.47. The first kappa shape index (κ1) is 15.3. The Labute approximate surface area is 122 Å². The van der Waals surface area contributed by atoms with Crippen molar-refractivity contribution in [3.63, 3.8) is 0 Å². The SMILES string of the molecule is COCCOC(=O)CN1C(=O)COc2cc(CO)ccc21. The molecule has 1 aliphatic rings. The first-order chi connectivity index (χ1) is 10.2. The second-order valence-corrected chi connectivity index (χ2v) is 4.44. The number of rotatable bonds is 6. The van der Waals surface area contributed by atoms with Crippen LogP contribution in [-0.4, -0.2) is 50.5 Å². The van der Waals surface area contributed by atoms with Gasteiger partial charge in [-0.25, -0.2) is 0 Å². The van der Waals surface area contributed by atoms with Crippen molar-refractivity contribution in [3.8, 4) is 5.75 Å². The van der Waals surface area contributed by atoms with Crippen molar-refractivity contribution in [2.75, 3.05) is 38.4 Å². The Bertz CT molecular complexity index is 530. The van der Waals surface area contributed by atoms with Crippen molar-refractivity contribution in [3.05, 3.63) is 23.8 Å². The van der Waals surface area contributed by atoms with E-state index in [-0.39, 0.29) is 32.3 Å². The van der Waals surface area contributed by atoms with E-state index in [1.165, 1.54) is 12.0 Å². The quantitative estimate of drug-likeness (QED) is 0.591. The summed E-state index contributed by atoms with van der Waals surface area (Å²) in [6, 6.07) is 4.95. The van der Waals surface area contributed by atoms with E-state index in [1.54, 1.807) is 18.2 Å². The summed E-state index contributed by atoms with van der Waals surface area (Å²) in [5.41, 5.74) is 1.16. The highest BCUT2D eigenvalue weighted by Gasteiger charge is 2.27. The van der Waals surface area contributed by atoms with E-state index in [0.29, 0.717) is 23.6 Å². The van der Waals surface area contributed by atoms with Gasteiger partial charge in [-0.15, -0.1) is 0 Å². The summed E-state index contributed by atoms with van der Waals surface area (Å²) >= 11 is 0. The molecule has 0 atom stereocenters. The number of nitrogens with zero attached hydrogens (tertiary/aromatic N) is 1. The summed E-state index contributed by atoms with van der Waals surface area (Å²) in [7, 11) is 1.51. The summed E-state index contributed by atoms with van der Waals surface area (Å²) in [5.74, 6) is -0.367. The van der Waals surface area contributed by atoms with Crippen LogP contribution in [0.1, 0.15) is 5.56 Å². The lowest BCUT2D eigenvalue weighted by Gasteiger charge is -2.28. The third kappa shape index (κ3) is 3.71. The number of aliphatic hydroxyl groups excluding tert-OH is 1. The highest BCUT2D eigenvalue weighted by molar-refractivity contribution is 6.01. The Hall–Kier alpha value is -2.12. The average Bonchev–Trinajstić information content (AvgIpc) is 2.50. The minimum absolute atomic E-state index is 0.121. The number of hydrogen-bond acceptors (Lipinski definition) is 6. The van der Waals surface area contributed by atoms with Gasteiger partial charge < -0.3 is 19.3 Å². The van der Waals surface area contributed by atoms with Gasteiger partial charge in [-0.05, 0) is 17.7 Å². The number of anilines is 1. The molecule has 21 heavy (non-hydrogen) atoms. The van der Waals surface area contributed by atoms with Gasteiger partial charge in [0.05, 0.1) is 18.9 Å². The Kier molecular flexibility index (Phi) is 5.13. The molecule has 0 unspecified atom stereocenters. The lowest BCUT2D eigenvalue weighted by Crippen LogP contribution is -2.42. The standard InChI is InChI=1S/C14H17NO6/c1-19-4-5-20-14(18)7-15-11-3-2-10(8-16)6-12(11)21-9-13(15)17/h2-3,6,16H,4-5,7-9H2,1H3. The van der Waals surface area contributed by atoms with Crippen LogP contribution >= 0.6 is 0 Å². The fourth-order valence-electron chi connectivity index (χ4n) is 1.93. The van der Waals surface area contributed by atoms with Crippen LogP contribution in [0.2, 0.25) is 0 Å². The molecule has 0 fully saturated rings. The molecule has 1 aliphatic heterocycles. The average molecular weight is 295 g/mol. The van der Waals surface area contributed by atoms with Crippen LogP contribution in [0.3, 0.4) is 0 Å². The number of amides is 1. The van der Waals surface area contributed by atoms with Gasteiger partial charge >= 0.3 is 5.97 Å². The topological polar surface area (TPSA) is 85.3 Å². The molecule has 7 nitrogen and oxygen atoms in total. The Morgan fingerprint density at radius 3 is 2.95 bits per heavy atom. The number of aliphatic hydroxyl groups is 1. The number of fused-ring (bicyclic) bond motifs is 1. The minimum Gasteiger partial charge on any atom is -0.482 e. The van der Waals surface area contributed by atoms with Crippen LogP contribution in [-0.2, 0) is 25.7 Å². The molecule has 0 radical (unpaired) electrons. The molecule has 1 N–H and O–H groups in total. The second kappa shape index (κ2) is 7.05. The van der Waals surface area contributed by atoms with Gasteiger partial charge in [0.2, 0.25) is 0 Å². The summed E-state index contributed by atoms with van der Waals surface area (Å²) in [4.78, 5) is 24.9. The van der Waals surface area contributed by atoms with Crippen LogP contribution in [0.5, 0.6) is 5.75 Å². The van der Waals surface area contributed by atoms with E-state index in [2.05, 4.69) is 0 Å². The molecule has 0 bridgehead atoms. The minimum atomic E-state index is -0.514. The third-order valence-corrected chi connectivity index (χ3v) is 2.99. The van der Waals surface area contributed by atoms with Gasteiger partial charge in [0.25, 0.3) is 5.91 Å². The van der Waals surface area contributed by atoms with Gasteiger partial charge in [-0.1, -0.05) is 6.07 Å². The molecule has 0 saturated heterocycles. The van der Waals surface area contributed by atoms with Gasteiger partial charge in [-0.3, -0.25) is 14.5 Å². The van der Waals surface area contributed by atoms with E-state index < -0.39 is 5.97 Å². The summed E-state index contributed by atoms with van der Waals surface area (Å²) in [6.45, 7) is -0.00231. The summed E-state index contributed by atoms with van der Waals surface area (Å²) < 4.78 is 15.1. The van der Waals surface area contributed by atoms with Crippen molar-refractivity contribution in [1.29, 1.82) is 0 Å². The highest BCUT2D eigenvalue weighted by atomic mass is 16.6. The molecule has 1 aromatic rings. The maximum Gasteiger partial charge on any atom is 0.326 e. The van der Waals surface area contributed by atoms with E-state index in [1.807, 2.05) is 0 Å². The van der Waals surface area contributed by atoms with Crippen LogP contribution in [0.15, 0.2) is 18.2 Å². The largest absolute Gasteiger partial charge is 0.482 e. The normalized spacial score (nSPS) is 13.6. The van der Waals surface area contributed by atoms with Crippen molar-refractivity contribution in [1.82, 2.24) is 0 Å². The zero-order valence-electron chi connectivity index (χ0n) is 11.7. The molecular formula is C14H17NO6. The number of hydrogen-bond donors (Lipinski definition) is 1. The third-order valence-electron chi connectivity index (χ3n) is 2.99. The lowest BCUT2D eigenvalue weighted by atomic mass is 10.1. The fourth-order valence-corrected chi connectivity index (χ4v) is 1.93. The molecule has 0 aromatic heterocycles. The number of esters is 1. The van der Waals surface area contributed by atoms with E-state index in [9.17, 15) is 9.59 Å². The molecule has 2 rings (SSSR count). The molecule has 7 heteroatoms. The Morgan fingerprint density at radius 2 is 2.24 bits per heavy atom. The van der Waals surface area contributed by atoms with Crippen molar-refractivity contribution in [2.45, 2.75) is 6.61 Å². The number of ether oxygens (including phenoxy) is 3. The van der Waals surface area contributed by atoms with E-state index in [4.69, 9.17) is 19.3 Å². The molecule has 1 amide bonds. The van der Waals surface area contributed by atoms with Crippen molar-refractivity contribution in [2.24, 2.45) is 0 Å². The highest BCUT2D eigenvalue weighted by Crippen LogP contribution is 2.32. The zero-order chi connectivity index (χ0) is 15.2. The molecule has 0 spiro atoms. The molecule has 1 heterocycles. The Balaban J connectivity index is 2.09. The van der Waals surface area contributed by atoms with E-state index in [0.717, 1.165) is 0 Å².